The van der Waals surface area contributed by atoms with Crippen molar-refractivity contribution in [2.24, 2.45) is 0 Å². The van der Waals surface area contributed by atoms with Gasteiger partial charge in [0.05, 0.1) is 0 Å². The lowest BCUT2D eigenvalue weighted by atomic mass is 10.1. The summed E-state index contributed by atoms with van der Waals surface area (Å²) in [5, 5.41) is 4.45. The summed E-state index contributed by atoms with van der Waals surface area (Å²) >= 11 is 5.98. The predicted octanol–water partition coefficient (Wildman–Crippen LogP) is 4.28. The zero-order valence-corrected chi connectivity index (χ0v) is 14.7. The maximum absolute atomic E-state index is 12.6. The van der Waals surface area contributed by atoms with Crippen LogP contribution in [0, 0.1) is 12.3 Å². The second-order valence-electron chi connectivity index (χ2n) is 5.44. The molecule has 0 spiro atoms. The molecule has 0 radical (unpaired) electrons. The fourth-order valence-electron chi connectivity index (χ4n) is 2.33. The molecule has 0 aliphatic heterocycles. The number of rotatable bonds is 5. The van der Waals surface area contributed by atoms with Gasteiger partial charge in [-0.3, -0.25) is 4.79 Å². The Bertz CT molecular complexity index is 958. The fraction of sp³-hybridized carbons (Fsp3) is 0.100. The highest BCUT2D eigenvalue weighted by Crippen LogP contribution is 2.25. The van der Waals surface area contributed by atoms with E-state index in [1.165, 1.54) is 4.90 Å². The summed E-state index contributed by atoms with van der Waals surface area (Å²) in [6, 6.07) is 15.8. The Morgan fingerprint density at radius 1 is 1.27 bits per heavy atom. The molecule has 0 atom stereocenters. The molecule has 0 saturated carbocycles. The van der Waals surface area contributed by atoms with Gasteiger partial charge in [-0.2, -0.15) is 0 Å². The van der Waals surface area contributed by atoms with Crippen molar-refractivity contribution >= 4 is 23.2 Å². The standard InChI is InChI=1S/C20H15ClN2O3/c1-3-11-25-17-9-7-16(8-10-17)23(2)20(24)18-13-19(26-22-18)14-5-4-6-15(21)12-14/h1,4-10,12-13H,11H2,2H3. The maximum Gasteiger partial charge on any atom is 0.280 e. The second kappa shape index (κ2) is 7.77. The van der Waals surface area contributed by atoms with E-state index in [9.17, 15) is 4.79 Å². The summed E-state index contributed by atoms with van der Waals surface area (Å²) in [5.74, 6) is 3.22. The number of ether oxygens (including phenoxy) is 1. The summed E-state index contributed by atoms with van der Waals surface area (Å²) in [5.41, 5.74) is 1.65. The highest BCUT2D eigenvalue weighted by Gasteiger charge is 2.19. The molecule has 0 aliphatic carbocycles. The van der Waals surface area contributed by atoms with E-state index in [1.54, 1.807) is 55.6 Å². The summed E-state index contributed by atoms with van der Waals surface area (Å²) in [6.45, 7) is 0.194. The molecule has 3 rings (SSSR count). The molecular weight excluding hydrogens is 352 g/mol. The molecular formula is C20H15ClN2O3. The topological polar surface area (TPSA) is 55.6 Å². The number of hydrogen-bond donors (Lipinski definition) is 0. The lowest BCUT2D eigenvalue weighted by molar-refractivity contribution is 0.0984. The van der Waals surface area contributed by atoms with E-state index >= 15 is 0 Å². The first-order valence-corrected chi connectivity index (χ1v) is 8.13. The monoisotopic (exact) mass is 366 g/mol. The van der Waals surface area contributed by atoms with Crippen molar-refractivity contribution in [3.8, 4) is 29.4 Å². The molecule has 1 heterocycles. The van der Waals surface area contributed by atoms with Crippen molar-refractivity contribution in [2.75, 3.05) is 18.6 Å². The van der Waals surface area contributed by atoms with Crippen molar-refractivity contribution in [1.29, 1.82) is 0 Å². The highest BCUT2D eigenvalue weighted by molar-refractivity contribution is 6.30. The second-order valence-corrected chi connectivity index (χ2v) is 5.87. The molecule has 130 valence electrons. The van der Waals surface area contributed by atoms with E-state index in [0.29, 0.717) is 22.2 Å². The molecule has 6 heteroatoms. The van der Waals surface area contributed by atoms with Crippen LogP contribution in [0.3, 0.4) is 0 Å². The summed E-state index contributed by atoms with van der Waals surface area (Å²) in [4.78, 5) is 14.1. The van der Waals surface area contributed by atoms with Crippen molar-refractivity contribution in [3.63, 3.8) is 0 Å². The van der Waals surface area contributed by atoms with Gasteiger partial charge in [0.25, 0.3) is 5.91 Å². The lowest BCUT2D eigenvalue weighted by Gasteiger charge is -2.16. The third kappa shape index (κ3) is 3.88. The summed E-state index contributed by atoms with van der Waals surface area (Å²) in [7, 11) is 1.66. The number of carbonyl (C=O) groups is 1. The molecule has 0 saturated heterocycles. The SMILES string of the molecule is C#CCOc1ccc(N(C)C(=O)c2cc(-c3cccc(Cl)c3)on2)cc1. The molecule has 0 N–H and O–H groups in total. The lowest BCUT2D eigenvalue weighted by Crippen LogP contribution is -2.26. The van der Waals surface area contributed by atoms with E-state index in [0.717, 1.165) is 5.56 Å². The Morgan fingerprint density at radius 3 is 2.73 bits per heavy atom. The van der Waals surface area contributed by atoms with E-state index in [4.69, 9.17) is 27.3 Å². The minimum absolute atomic E-state index is 0.194. The van der Waals surface area contributed by atoms with Crippen LogP contribution >= 0.6 is 11.6 Å². The largest absolute Gasteiger partial charge is 0.481 e. The smallest absolute Gasteiger partial charge is 0.280 e. The summed E-state index contributed by atoms with van der Waals surface area (Å²) < 4.78 is 10.6. The van der Waals surface area contributed by atoms with Gasteiger partial charge in [0.15, 0.2) is 11.5 Å². The first kappa shape index (κ1) is 17.6. The van der Waals surface area contributed by atoms with Crippen LogP contribution in [0.2, 0.25) is 5.02 Å². The Balaban J connectivity index is 1.76. The third-order valence-corrected chi connectivity index (χ3v) is 3.92. The van der Waals surface area contributed by atoms with Crippen LogP contribution in [-0.2, 0) is 0 Å². The van der Waals surface area contributed by atoms with Crippen molar-refractivity contribution in [3.05, 3.63) is 65.3 Å². The van der Waals surface area contributed by atoms with Gasteiger partial charge >= 0.3 is 0 Å². The van der Waals surface area contributed by atoms with Gasteiger partial charge in [0.2, 0.25) is 0 Å². The Kier molecular flexibility index (Phi) is 5.26. The van der Waals surface area contributed by atoms with Crippen molar-refractivity contribution < 1.29 is 14.1 Å². The molecule has 1 amide bonds. The number of terminal acetylenes is 1. The van der Waals surface area contributed by atoms with E-state index in [2.05, 4.69) is 11.1 Å². The van der Waals surface area contributed by atoms with Gasteiger partial charge in [-0.1, -0.05) is 34.8 Å². The van der Waals surface area contributed by atoms with Crippen LogP contribution < -0.4 is 9.64 Å². The number of nitrogens with zero attached hydrogens (tertiary/aromatic N) is 2. The molecule has 3 aromatic rings. The number of carbonyl (C=O) groups excluding carboxylic acids is 1. The van der Waals surface area contributed by atoms with Gasteiger partial charge in [-0.25, -0.2) is 0 Å². The first-order valence-electron chi connectivity index (χ1n) is 7.75. The number of halogens is 1. The minimum Gasteiger partial charge on any atom is -0.481 e. The predicted molar refractivity (Wildman–Crippen MR) is 100 cm³/mol. The molecule has 1 aromatic heterocycles. The van der Waals surface area contributed by atoms with Crippen LogP contribution in [-0.4, -0.2) is 24.7 Å². The van der Waals surface area contributed by atoms with Crippen LogP contribution in [0.1, 0.15) is 10.5 Å². The number of amides is 1. The molecule has 26 heavy (non-hydrogen) atoms. The van der Waals surface area contributed by atoms with Crippen LogP contribution in [0.4, 0.5) is 5.69 Å². The van der Waals surface area contributed by atoms with Gasteiger partial charge in [0, 0.05) is 29.4 Å². The van der Waals surface area contributed by atoms with Crippen LogP contribution in [0.15, 0.2) is 59.1 Å². The Hall–Kier alpha value is -3.23. The van der Waals surface area contributed by atoms with Crippen molar-refractivity contribution in [2.45, 2.75) is 0 Å². The number of hydrogen-bond acceptors (Lipinski definition) is 4. The Morgan fingerprint density at radius 2 is 2.04 bits per heavy atom. The Labute approximate surface area is 156 Å². The van der Waals surface area contributed by atoms with E-state index in [-0.39, 0.29) is 18.2 Å². The molecule has 0 aliphatic rings. The van der Waals surface area contributed by atoms with Gasteiger partial charge < -0.3 is 14.2 Å². The van der Waals surface area contributed by atoms with Gasteiger partial charge in [-0.15, -0.1) is 6.42 Å². The normalized spacial score (nSPS) is 10.2. The molecule has 2 aromatic carbocycles. The molecule has 5 nitrogen and oxygen atoms in total. The fourth-order valence-corrected chi connectivity index (χ4v) is 2.52. The van der Waals surface area contributed by atoms with E-state index < -0.39 is 0 Å². The van der Waals surface area contributed by atoms with Crippen LogP contribution in [0.5, 0.6) is 5.75 Å². The van der Waals surface area contributed by atoms with E-state index in [1.807, 2.05) is 6.07 Å². The third-order valence-electron chi connectivity index (χ3n) is 3.69. The molecule has 0 unspecified atom stereocenters. The number of aromatic nitrogens is 1. The van der Waals surface area contributed by atoms with Gasteiger partial charge in [-0.05, 0) is 36.4 Å². The maximum atomic E-state index is 12.6. The van der Waals surface area contributed by atoms with Crippen molar-refractivity contribution in [1.82, 2.24) is 5.16 Å². The first-order chi connectivity index (χ1) is 12.6. The van der Waals surface area contributed by atoms with Gasteiger partial charge in [0.1, 0.15) is 12.4 Å². The molecule has 0 bridgehead atoms. The number of anilines is 1. The highest BCUT2D eigenvalue weighted by atomic mass is 35.5. The zero-order chi connectivity index (χ0) is 18.5. The molecule has 0 fully saturated rings. The summed E-state index contributed by atoms with van der Waals surface area (Å²) in [6.07, 6.45) is 5.16. The minimum atomic E-state index is -0.292. The zero-order valence-electron chi connectivity index (χ0n) is 14.0. The average Bonchev–Trinajstić information content (AvgIpc) is 3.16. The van der Waals surface area contributed by atoms with Crippen LogP contribution in [0.25, 0.3) is 11.3 Å². The quantitative estimate of drug-likeness (QED) is 0.632. The number of benzene rings is 2. The average molecular weight is 367 g/mol.